The van der Waals surface area contributed by atoms with Crippen molar-refractivity contribution in [3.8, 4) is 6.07 Å². The average Bonchev–Trinajstić information content (AvgIpc) is 2.48. The van der Waals surface area contributed by atoms with E-state index in [0.717, 1.165) is 5.56 Å². The molecular formula is C17H26FN3O. The molecule has 22 heavy (non-hydrogen) atoms. The van der Waals surface area contributed by atoms with Gasteiger partial charge in [-0.1, -0.05) is 41.5 Å². The highest BCUT2D eigenvalue weighted by Crippen LogP contribution is 2.36. The third kappa shape index (κ3) is 4.45. The van der Waals surface area contributed by atoms with Crippen LogP contribution in [-0.4, -0.2) is 13.1 Å². The van der Waals surface area contributed by atoms with Gasteiger partial charge < -0.3 is 10.6 Å². The monoisotopic (exact) mass is 307 g/mol. The number of rotatable bonds is 3. The van der Waals surface area contributed by atoms with Gasteiger partial charge in [-0.2, -0.15) is 5.26 Å². The molecule has 0 fully saturated rings. The van der Waals surface area contributed by atoms with Crippen molar-refractivity contribution in [2.45, 2.75) is 53.4 Å². The number of hydrogen-bond acceptors (Lipinski definition) is 2. The van der Waals surface area contributed by atoms with E-state index in [1.807, 2.05) is 47.6 Å². The van der Waals surface area contributed by atoms with Crippen LogP contribution in [0.4, 0.5) is 14.9 Å². The largest absolute Gasteiger partial charge is 0.341 e. The van der Waals surface area contributed by atoms with E-state index in [2.05, 4.69) is 10.6 Å². The summed E-state index contributed by atoms with van der Waals surface area (Å²) in [6, 6.07) is 2.98. The second kappa shape index (κ2) is 9.04. The normalized spacial score (nSPS) is 9.86. The SMILES string of the molecule is CC.CNC(=O)Nc1c(C(C)C)cc(C#N)c(F)c1C(C)C. The predicted molar refractivity (Wildman–Crippen MR) is 88.7 cm³/mol. The van der Waals surface area contributed by atoms with Gasteiger partial charge in [0, 0.05) is 12.6 Å². The molecule has 0 saturated carbocycles. The summed E-state index contributed by atoms with van der Waals surface area (Å²) in [6.45, 7) is 11.5. The molecule has 0 spiro atoms. The van der Waals surface area contributed by atoms with E-state index in [4.69, 9.17) is 5.26 Å². The molecule has 0 radical (unpaired) electrons. The molecular weight excluding hydrogens is 281 g/mol. The summed E-state index contributed by atoms with van der Waals surface area (Å²) >= 11 is 0. The average molecular weight is 307 g/mol. The van der Waals surface area contributed by atoms with Crippen LogP contribution in [0.1, 0.15) is 70.1 Å². The molecule has 122 valence electrons. The molecule has 0 aliphatic heterocycles. The lowest BCUT2D eigenvalue weighted by molar-refractivity contribution is 0.254. The fourth-order valence-corrected chi connectivity index (χ4v) is 2.10. The van der Waals surface area contributed by atoms with Crippen LogP contribution in [0.15, 0.2) is 6.07 Å². The number of urea groups is 1. The van der Waals surface area contributed by atoms with Crippen molar-refractivity contribution in [3.05, 3.63) is 28.6 Å². The van der Waals surface area contributed by atoms with Gasteiger partial charge in [-0.15, -0.1) is 0 Å². The lowest BCUT2D eigenvalue weighted by Gasteiger charge is -2.21. The first-order valence-corrected chi connectivity index (χ1v) is 7.58. The fraction of sp³-hybridized carbons (Fsp3) is 0.529. The Hall–Kier alpha value is -2.09. The molecule has 0 aliphatic rings. The first-order chi connectivity index (χ1) is 10.3. The molecule has 0 saturated heterocycles. The standard InChI is InChI=1S/C15H20FN3O.C2H6/c1-8(2)11-6-10(7-17)13(16)12(9(3)4)14(11)19-15(20)18-5;1-2/h6,8-9H,1-5H3,(H2,18,19,20);1-2H3. The molecule has 0 unspecified atom stereocenters. The van der Waals surface area contributed by atoms with Crippen LogP contribution >= 0.6 is 0 Å². The lowest BCUT2D eigenvalue weighted by Crippen LogP contribution is -2.26. The maximum absolute atomic E-state index is 14.4. The Morgan fingerprint density at radius 1 is 1.23 bits per heavy atom. The number of halogens is 1. The Morgan fingerprint density at radius 2 is 1.77 bits per heavy atom. The minimum atomic E-state index is -0.557. The van der Waals surface area contributed by atoms with Crippen LogP contribution in [-0.2, 0) is 0 Å². The summed E-state index contributed by atoms with van der Waals surface area (Å²) in [6.07, 6.45) is 0. The maximum atomic E-state index is 14.4. The van der Waals surface area contributed by atoms with Gasteiger partial charge in [-0.25, -0.2) is 9.18 Å². The van der Waals surface area contributed by atoms with Gasteiger partial charge in [0.2, 0.25) is 0 Å². The van der Waals surface area contributed by atoms with Crippen molar-refractivity contribution >= 4 is 11.7 Å². The van der Waals surface area contributed by atoms with E-state index < -0.39 is 11.8 Å². The summed E-state index contributed by atoms with van der Waals surface area (Å²) in [5.74, 6) is -0.640. The van der Waals surface area contributed by atoms with Crippen molar-refractivity contribution in [2.75, 3.05) is 12.4 Å². The minimum Gasteiger partial charge on any atom is -0.341 e. The van der Waals surface area contributed by atoms with Crippen LogP contribution in [0.3, 0.4) is 0 Å². The number of carbonyl (C=O) groups is 1. The minimum absolute atomic E-state index is 0.0138. The Kier molecular flexibility index (Phi) is 8.18. The van der Waals surface area contributed by atoms with E-state index in [1.165, 1.54) is 13.1 Å². The molecule has 2 amide bonds. The smallest absolute Gasteiger partial charge is 0.318 e. The predicted octanol–water partition coefficient (Wildman–Crippen LogP) is 4.72. The Labute approximate surface area is 132 Å². The molecule has 1 aromatic rings. The highest BCUT2D eigenvalue weighted by atomic mass is 19.1. The molecule has 1 rings (SSSR count). The maximum Gasteiger partial charge on any atom is 0.318 e. The van der Waals surface area contributed by atoms with Gasteiger partial charge in [-0.05, 0) is 23.5 Å². The third-order valence-electron chi connectivity index (χ3n) is 3.12. The molecule has 1 aromatic carbocycles. The fourth-order valence-electron chi connectivity index (χ4n) is 2.10. The number of nitrogens with zero attached hydrogens (tertiary/aromatic N) is 1. The molecule has 0 bridgehead atoms. The summed E-state index contributed by atoms with van der Waals surface area (Å²) in [5.41, 5.74) is 1.61. The van der Waals surface area contributed by atoms with Crippen molar-refractivity contribution < 1.29 is 9.18 Å². The highest BCUT2D eigenvalue weighted by molar-refractivity contribution is 5.91. The molecule has 0 atom stereocenters. The number of nitrogens with one attached hydrogen (secondary N) is 2. The third-order valence-corrected chi connectivity index (χ3v) is 3.12. The first-order valence-electron chi connectivity index (χ1n) is 7.58. The second-order valence-corrected chi connectivity index (χ2v) is 5.24. The number of nitriles is 1. The highest BCUT2D eigenvalue weighted by Gasteiger charge is 2.23. The topological polar surface area (TPSA) is 64.9 Å². The zero-order valence-corrected chi connectivity index (χ0v) is 14.5. The summed E-state index contributed by atoms with van der Waals surface area (Å²) in [5, 5.41) is 14.2. The Balaban J connectivity index is 0.00000211. The van der Waals surface area contributed by atoms with Crippen LogP contribution in [0.2, 0.25) is 0 Å². The van der Waals surface area contributed by atoms with Gasteiger partial charge in [0.05, 0.1) is 11.3 Å². The molecule has 5 heteroatoms. The van der Waals surface area contributed by atoms with E-state index in [1.54, 1.807) is 0 Å². The summed E-state index contributed by atoms with van der Waals surface area (Å²) in [4.78, 5) is 11.6. The van der Waals surface area contributed by atoms with Gasteiger partial charge in [-0.3, -0.25) is 0 Å². The number of carbonyl (C=O) groups excluding carboxylic acids is 1. The van der Waals surface area contributed by atoms with E-state index in [0.29, 0.717) is 11.3 Å². The van der Waals surface area contributed by atoms with Crippen LogP contribution < -0.4 is 10.6 Å². The zero-order chi connectivity index (χ0) is 17.4. The Bertz CT molecular complexity index is 560. The summed E-state index contributed by atoms with van der Waals surface area (Å²) in [7, 11) is 1.50. The van der Waals surface area contributed by atoms with Gasteiger partial charge in [0.15, 0.2) is 0 Å². The second-order valence-electron chi connectivity index (χ2n) is 5.24. The number of hydrogen-bond donors (Lipinski definition) is 2. The lowest BCUT2D eigenvalue weighted by atomic mass is 9.90. The molecule has 0 aromatic heterocycles. The van der Waals surface area contributed by atoms with Crippen molar-refractivity contribution in [2.24, 2.45) is 0 Å². The van der Waals surface area contributed by atoms with Crippen molar-refractivity contribution in [1.82, 2.24) is 5.32 Å². The summed E-state index contributed by atoms with van der Waals surface area (Å²) < 4.78 is 14.4. The van der Waals surface area contributed by atoms with Crippen molar-refractivity contribution in [3.63, 3.8) is 0 Å². The quantitative estimate of drug-likeness (QED) is 0.848. The number of amides is 2. The van der Waals surface area contributed by atoms with Crippen LogP contribution in [0.5, 0.6) is 0 Å². The van der Waals surface area contributed by atoms with Crippen LogP contribution in [0.25, 0.3) is 0 Å². The molecule has 0 heterocycles. The molecule has 2 N–H and O–H groups in total. The van der Waals surface area contributed by atoms with E-state index in [9.17, 15) is 9.18 Å². The van der Waals surface area contributed by atoms with Crippen LogP contribution in [0, 0.1) is 17.1 Å². The first kappa shape index (κ1) is 19.9. The van der Waals surface area contributed by atoms with Gasteiger partial charge in [0.25, 0.3) is 0 Å². The zero-order valence-electron chi connectivity index (χ0n) is 14.5. The van der Waals surface area contributed by atoms with E-state index >= 15 is 0 Å². The molecule has 0 aliphatic carbocycles. The molecule has 4 nitrogen and oxygen atoms in total. The van der Waals surface area contributed by atoms with Gasteiger partial charge >= 0.3 is 6.03 Å². The number of benzene rings is 1. The number of anilines is 1. The van der Waals surface area contributed by atoms with Gasteiger partial charge in [0.1, 0.15) is 11.9 Å². The van der Waals surface area contributed by atoms with E-state index in [-0.39, 0.29) is 17.4 Å². The Morgan fingerprint density at radius 3 is 2.14 bits per heavy atom. The van der Waals surface area contributed by atoms with Crippen molar-refractivity contribution in [1.29, 1.82) is 5.26 Å².